The number of amides is 2. The van der Waals surface area contributed by atoms with E-state index in [1.807, 2.05) is 6.92 Å². The van der Waals surface area contributed by atoms with Gasteiger partial charge in [-0.05, 0) is 32.6 Å². The molecular formula is C13H26N4O4. The van der Waals surface area contributed by atoms with Gasteiger partial charge in [-0.15, -0.1) is 0 Å². The lowest BCUT2D eigenvalue weighted by Gasteiger charge is -2.11. The Labute approximate surface area is 124 Å². The summed E-state index contributed by atoms with van der Waals surface area (Å²) >= 11 is 0. The second kappa shape index (κ2) is 11.0. The van der Waals surface area contributed by atoms with E-state index in [-0.39, 0.29) is 24.7 Å². The van der Waals surface area contributed by atoms with Gasteiger partial charge in [-0.1, -0.05) is 0 Å². The summed E-state index contributed by atoms with van der Waals surface area (Å²) in [5.74, 6) is -1.49. The number of carboxylic acid groups (broad SMARTS) is 1. The molecule has 0 aromatic rings. The molecule has 0 aliphatic heterocycles. The molecule has 8 heteroatoms. The van der Waals surface area contributed by atoms with E-state index in [1.165, 1.54) is 0 Å². The van der Waals surface area contributed by atoms with Crippen LogP contribution in [-0.4, -0.2) is 48.1 Å². The maximum atomic E-state index is 11.4. The van der Waals surface area contributed by atoms with Crippen molar-refractivity contribution < 1.29 is 19.5 Å². The largest absolute Gasteiger partial charge is 0.480 e. The van der Waals surface area contributed by atoms with Crippen molar-refractivity contribution in [1.82, 2.24) is 10.6 Å². The maximum Gasteiger partial charge on any atom is 0.320 e. The Morgan fingerprint density at radius 3 is 2.29 bits per heavy atom. The highest BCUT2D eigenvalue weighted by Gasteiger charge is 2.13. The molecule has 0 bridgehead atoms. The van der Waals surface area contributed by atoms with Crippen molar-refractivity contribution >= 4 is 17.8 Å². The first-order chi connectivity index (χ1) is 9.88. The fraction of sp³-hybridized carbons (Fsp3) is 0.769. The highest BCUT2D eigenvalue weighted by molar-refractivity contribution is 5.81. The first-order valence-electron chi connectivity index (χ1n) is 7.16. The number of unbranched alkanes of at least 4 members (excludes halogenated alkanes) is 1. The van der Waals surface area contributed by atoms with Crippen molar-refractivity contribution in [3.63, 3.8) is 0 Å². The molecule has 2 unspecified atom stereocenters. The third-order valence-electron chi connectivity index (χ3n) is 2.95. The monoisotopic (exact) mass is 302 g/mol. The number of likely N-dealkylation sites (N-methyl/N-ethyl adjacent to an activating group) is 1. The Morgan fingerprint density at radius 1 is 1.05 bits per heavy atom. The van der Waals surface area contributed by atoms with Crippen LogP contribution in [0.1, 0.15) is 39.0 Å². The normalized spacial score (nSPS) is 13.3. The van der Waals surface area contributed by atoms with Crippen molar-refractivity contribution in [2.75, 3.05) is 13.1 Å². The number of nitrogens with two attached hydrogens (primary N) is 2. The van der Waals surface area contributed by atoms with Crippen LogP contribution < -0.4 is 22.1 Å². The fourth-order valence-corrected chi connectivity index (χ4v) is 1.65. The lowest BCUT2D eigenvalue weighted by molar-refractivity contribution is -0.138. The van der Waals surface area contributed by atoms with Crippen LogP contribution in [0.15, 0.2) is 0 Å². The minimum absolute atomic E-state index is 0.0892. The molecule has 0 aromatic carbocycles. The Hall–Kier alpha value is -1.67. The highest BCUT2D eigenvalue weighted by atomic mass is 16.4. The molecule has 0 saturated heterocycles. The lowest BCUT2D eigenvalue weighted by atomic mass is 10.1. The van der Waals surface area contributed by atoms with Gasteiger partial charge in [0.1, 0.15) is 6.04 Å². The second-order valence-corrected chi connectivity index (χ2v) is 4.83. The average Bonchev–Trinajstić information content (AvgIpc) is 2.44. The number of hydrogen-bond donors (Lipinski definition) is 5. The van der Waals surface area contributed by atoms with Gasteiger partial charge in [0.15, 0.2) is 0 Å². The minimum Gasteiger partial charge on any atom is -0.480 e. The van der Waals surface area contributed by atoms with Gasteiger partial charge in [0.05, 0.1) is 6.04 Å². The van der Waals surface area contributed by atoms with E-state index in [4.69, 9.17) is 16.6 Å². The third-order valence-corrected chi connectivity index (χ3v) is 2.95. The van der Waals surface area contributed by atoms with Crippen LogP contribution in [-0.2, 0) is 14.4 Å². The van der Waals surface area contributed by atoms with E-state index >= 15 is 0 Å². The second-order valence-electron chi connectivity index (χ2n) is 4.83. The van der Waals surface area contributed by atoms with E-state index in [2.05, 4.69) is 10.6 Å². The number of hydrogen-bond acceptors (Lipinski definition) is 5. The highest BCUT2D eigenvalue weighted by Crippen LogP contribution is 1.99. The standard InChI is InChI=1S/C13H26N4O4/c1-2-16-12(19)9(14)5-3-4-8-17-11(18)7-6-10(15)13(20)21/h9-10H,2-8,14-15H2,1H3,(H,16,19)(H,17,18)(H,20,21). The van der Waals surface area contributed by atoms with Gasteiger partial charge in [0.25, 0.3) is 0 Å². The summed E-state index contributed by atoms with van der Waals surface area (Å²) in [6.45, 7) is 2.86. The molecule has 8 nitrogen and oxygen atoms in total. The van der Waals surface area contributed by atoms with Crippen LogP contribution in [0, 0.1) is 0 Å². The van der Waals surface area contributed by atoms with Gasteiger partial charge in [0, 0.05) is 19.5 Å². The number of rotatable bonds is 11. The maximum absolute atomic E-state index is 11.4. The Kier molecular flexibility index (Phi) is 10.2. The molecule has 0 aliphatic rings. The first kappa shape index (κ1) is 19.3. The number of carbonyl (C=O) groups excluding carboxylic acids is 2. The van der Waals surface area contributed by atoms with Crippen molar-refractivity contribution in [3.8, 4) is 0 Å². The first-order valence-corrected chi connectivity index (χ1v) is 7.16. The Bertz CT molecular complexity index is 349. The number of nitrogens with one attached hydrogen (secondary N) is 2. The van der Waals surface area contributed by atoms with Crippen LogP contribution in [0.3, 0.4) is 0 Å². The van der Waals surface area contributed by atoms with E-state index in [0.717, 1.165) is 6.42 Å². The number of carboxylic acids is 1. The summed E-state index contributed by atoms with van der Waals surface area (Å²) in [4.78, 5) is 33.2. The quantitative estimate of drug-likeness (QED) is 0.307. The number of carbonyl (C=O) groups is 3. The van der Waals surface area contributed by atoms with Crippen LogP contribution in [0.2, 0.25) is 0 Å². The number of aliphatic carboxylic acids is 1. The summed E-state index contributed by atoms with van der Waals surface area (Å²) in [5, 5.41) is 13.9. The molecule has 122 valence electrons. The van der Waals surface area contributed by atoms with Crippen molar-refractivity contribution in [3.05, 3.63) is 0 Å². The fourth-order valence-electron chi connectivity index (χ4n) is 1.65. The smallest absolute Gasteiger partial charge is 0.320 e. The van der Waals surface area contributed by atoms with E-state index in [9.17, 15) is 14.4 Å². The average molecular weight is 302 g/mol. The van der Waals surface area contributed by atoms with Gasteiger partial charge in [-0.3, -0.25) is 14.4 Å². The zero-order valence-electron chi connectivity index (χ0n) is 12.4. The molecule has 0 heterocycles. The summed E-state index contributed by atoms with van der Waals surface area (Å²) in [5.41, 5.74) is 11.0. The van der Waals surface area contributed by atoms with Crippen molar-refractivity contribution in [2.24, 2.45) is 11.5 Å². The van der Waals surface area contributed by atoms with Gasteiger partial charge < -0.3 is 27.2 Å². The summed E-state index contributed by atoms with van der Waals surface area (Å²) < 4.78 is 0. The molecule has 2 amide bonds. The molecule has 0 radical (unpaired) electrons. The lowest BCUT2D eigenvalue weighted by Crippen LogP contribution is -2.40. The molecule has 0 aliphatic carbocycles. The molecule has 7 N–H and O–H groups in total. The van der Waals surface area contributed by atoms with Crippen molar-refractivity contribution in [2.45, 2.75) is 51.1 Å². The Morgan fingerprint density at radius 2 is 1.71 bits per heavy atom. The van der Waals surface area contributed by atoms with Crippen molar-refractivity contribution in [1.29, 1.82) is 0 Å². The molecule has 0 aromatic heterocycles. The molecular weight excluding hydrogens is 276 g/mol. The van der Waals surface area contributed by atoms with E-state index in [0.29, 0.717) is 25.9 Å². The predicted octanol–water partition coefficient (Wildman–Crippen LogP) is -1.07. The zero-order valence-corrected chi connectivity index (χ0v) is 12.4. The zero-order chi connectivity index (χ0) is 16.3. The SMILES string of the molecule is CCNC(=O)C(N)CCCCNC(=O)CCC(N)C(=O)O. The Balaban J connectivity index is 3.60. The summed E-state index contributed by atoms with van der Waals surface area (Å²) in [7, 11) is 0. The predicted molar refractivity (Wildman–Crippen MR) is 78.4 cm³/mol. The van der Waals surface area contributed by atoms with E-state index in [1.54, 1.807) is 0 Å². The van der Waals surface area contributed by atoms with Crippen LogP contribution in [0.5, 0.6) is 0 Å². The van der Waals surface area contributed by atoms with E-state index < -0.39 is 18.1 Å². The van der Waals surface area contributed by atoms with Gasteiger partial charge in [0.2, 0.25) is 11.8 Å². The van der Waals surface area contributed by atoms with Crippen LogP contribution >= 0.6 is 0 Å². The summed E-state index contributed by atoms with van der Waals surface area (Å²) in [6.07, 6.45) is 2.21. The third kappa shape index (κ3) is 9.80. The molecule has 0 fully saturated rings. The van der Waals surface area contributed by atoms with Gasteiger partial charge in [-0.2, -0.15) is 0 Å². The topological polar surface area (TPSA) is 148 Å². The van der Waals surface area contributed by atoms with Crippen LogP contribution in [0.4, 0.5) is 0 Å². The molecule has 0 rings (SSSR count). The minimum atomic E-state index is -1.11. The molecule has 0 saturated carbocycles. The molecule has 21 heavy (non-hydrogen) atoms. The van der Waals surface area contributed by atoms with Gasteiger partial charge >= 0.3 is 5.97 Å². The molecule has 0 spiro atoms. The van der Waals surface area contributed by atoms with Crippen LogP contribution in [0.25, 0.3) is 0 Å². The van der Waals surface area contributed by atoms with Gasteiger partial charge in [-0.25, -0.2) is 0 Å². The summed E-state index contributed by atoms with van der Waals surface area (Å²) in [6, 6.07) is -1.53. The molecule has 2 atom stereocenters.